The first-order valence-electron chi connectivity index (χ1n) is 6.36. The van der Waals surface area contributed by atoms with Gasteiger partial charge < -0.3 is 5.32 Å². The summed E-state index contributed by atoms with van der Waals surface area (Å²) in [6.07, 6.45) is -3.13. The molecule has 1 N–H and O–H groups in total. The van der Waals surface area contributed by atoms with Crippen molar-refractivity contribution in [1.29, 1.82) is 0 Å². The molecular weight excluding hydrogens is 295 g/mol. The second-order valence-electron chi connectivity index (χ2n) is 4.61. The fraction of sp³-hybridized carbons (Fsp3) is 0.0667. The van der Waals surface area contributed by atoms with Gasteiger partial charge in [-0.1, -0.05) is 18.2 Å². The Morgan fingerprint density at radius 2 is 1.86 bits per heavy atom. The average Bonchev–Trinajstić information content (AvgIpc) is 2.90. The van der Waals surface area contributed by atoms with Gasteiger partial charge in [-0.15, -0.1) is 0 Å². The van der Waals surface area contributed by atoms with Crippen LogP contribution in [0.1, 0.15) is 5.56 Å². The molecule has 4 nitrogen and oxygen atoms in total. The number of nitrogens with one attached hydrogen (secondary N) is 1. The minimum atomic E-state index is -4.46. The molecule has 1 heterocycles. The third kappa shape index (κ3) is 2.65. The summed E-state index contributed by atoms with van der Waals surface area (Å²) in [5.74, 6) is 0. The number of hydrogen-bond acceptors (Lipinski definition) is 2. The third-order valence-corrected chi connectivity index (χ3v) is 3.11. The van der Waals surface area contributed by atoms with E-state index in [9.17, 15) is 18.0 Å². The molecule has 7 heteroatoms. The van der Waals surface area contributed by atoms with Gasteiger partial charge in [0.25, 0.3) is 0 Å². The summed E-state index contributed by atoms with van der Waals surface area (Å²) in [5.41, 5.74) is 0.451. The minimum Gasteiger partial charge on any atom is -0.307 e. The molecule has 3 aromatic rings. The molecule has 1 aromatic heterocycles. The van der Waals surface area contributed by atoms with E-state index < -0.39 is 17.8 Å². The lowest BCUT2D eigenvalue weighted by molar-refractivity contribution is -0.137. The van der Waals surface area contributed by atoms with Crippen molar-refractivity contribution in [2.24, 2.45) is 0 Å². The largest absolute Gasteiger partial charge is 0.416 e. The summed E-state index contributed by atoms with van der Waals surface area (Å²) in [6.45, 7) is 0. The number of rotatable bonds is 1. The number of nitrogens with zero attached hydrogens (tertiary/aromatic N) is 2. The number of para-hydroxylation sites is 2. The summed E-state index contributed by atoms with van der Waals surface area (Å²) in [4.78, 5) is 16.2. The Balaban J connectivity index is 1.89. The average molecular weight is 305 g/mol. The molecular formula is C15H10F3N3O. The fourth-order valence-corrected chi connectivity index (χ4v) is 2.08. The van der Waals surface area contributed by atoms with E-state index in [-0.39, 0.29) is 5.69 Å². The quantitative estimate of drug-likeness (QED) is 0.734. The van der Waals surface area contributed by atoms with Crippen LogP contribution in [0.5, 0.6) is 0 Å². The SMILES string of the molecule is O=C(Nc1cccc(C(F)(F)F)c1)n1cnc2ccccc21. The zero-order valence-corrected chi connectivity index (χ0v) is 11.1. The van der Waals surface area contributed by atoms with Crippen molar-refractivity contribution in [1.82, 2.24) is 9.55 Å². The third-order valence-electron chi connectivity index (χ3n) is 3.11. The molecule has 0 aliphatic heterocycles. The van der Waals surface area contributed by atoms with Gasteiger partial charge in [-0.2, -0.15) is 13.2 Å². The number of aromatic nitrogens is 2. The van der Waals surface area contributed by atoms with Crippen LogP contribution in [0, 0.1) is 0 Å². The highest BCUT2D eigenvalue weighted by molar-refractivity contribution is 5.97. The Labute approximate surface area is 123 Å². The van der Waals surface area contributed by atoms with Crippen LogP contribution in [-0.2, 0) is 6.18 Å². The van der Waals surface area contributed by atoms with Crippen LogP contribution in [0.2, 0.25) is 0 Å². The smallest absolute Gasteiger partial charge is 0.307 e. The maximum absolute atomic E-state index is 12.7. The van der Waals surface area contributed by atoms with E-state index in [0.29, 0.717) is 11.0 Å². The maximum atomic E-state index is 12.7. The second-order valence-corrected chi connectivity index (χ2v) is 4.61. The number of anilines is 1. The maximum Gasteiger partial charge on any atom is 0.416 e. The number of hydrogen-bond donors (Lipinski definition) is 1. The van der Waals surface area contributed by atoms with E-state index in [1.54, 1.807) is 24.3 Å². The molecule has 0 atom stereocenters. The van der Waals surface area contributed by atoms with Gasteiger partial charge in [0.1, 0.15) is 6.33 Å². The van der Waals surface area contributed by atoms with Gasteiger partial charge in [0, 0.05) is 5.69 Å². The second kappa shape index (κ2) is 5.18. The van der Waals surface area contributed by atoms with E-state index in [0.717, 1.165) is 12.1 Å². The monoisotopic (exact) mass is 305 g/mol. The Morgan fingerprint density at radius 1 is 1.09 bits per heavy atom. The van der Waals surface area contributed by atoms with Crippen LogP contribution in [0.3, 0.4) is 0 Å². The molecule has 0 saturated carbocycles. The molecule has 0 fully saturated rings. The molecule has 0 bridgehead atoms. The van der Waals surface area contributed by atoms with Crippen molar-refractivity contribution in [3.8, 4) is 0 Å². The number of alkyl halides is 3. The Morgan fingerprint density at radius 3 is 2.64 bits per heavy atom. The predicted octanol–water partition coefficient (Wildman–Crippen LogP) is 4.14. The highest BCUT2D eigenvalue weighted by atomic mass is 19.4. The first kappa shape index (κ1) is 14.1. The minimum absolute atomic E-state index is 0.0672. The molecule has 0 radical (unpaired) electrons. The normalized spacial score (nSPS) is 11.6. The highest BCUT2D eigenvalue weighted by Gasteiger charge is 2.30. The first-order valence-corrected chi connectivity index (χ1v) is 6.36. The number of imidazole rings is 1. The number of amides is 1. The van der Waals surface area contributed by atoms with E-state index >= 15 is 0 Å². The summed E-state index contributed by atoms with van der Waals surface area (Å²) < 4.78 is 39.2. The van der Waals surface area contributed by atoms with E-state index in [2.05, 4.69) is 10.3 Å². The molecule has 112 valence electrons. The fourth-order valence-electron chi connectivity index (χ4n) is 2.08. The highest BCUT2D eigenvalue weighted by Crippen LogP contribution is 2.30. The Kier molecular flexibility index (Phi) is 3.32. The summed E-state index contributed by atoms with van der Waals surface area (Å²) in [7, 11) is 0. The van der Waals surface area contributed by atoms with E-state index in [4.69, 9.17) is 0 Å². The zero-order chi connectivity index (χ0) is 15.7. The number of carbonyl (C=O) groups is 1. The zero-order valence-electron chi connectivity index (χ0n) is 11.1. The molecule has 2 aromatic carbocycles. The van der Waals surface area contributed by atoms with Crippen LogP contribution in [0.4, 0.5) is 23.7 Å². The number of benzene rings is 2. The van der Waals surface area contributed by atoms with Gasteiger partial charge in [0.15, 0.2) is 0 Å². The van der Waals surface area contributed by atoms with Crippen LogP contribution >= 0.6 is 0 Å². The van der Waals surface area contributed by atoms with Gasteiger partial charge in [0.2, 0.25) is 0 Å². The van der Waals surface area contributed by atoms with E-state index in [1.165, 1.54) is 23.0 Å². The molecule has 0 aliphatic carbocycles. The van der Waals surface area contributed by atoms with Gasteiger partial charge in [-0.05, 0) is 30.3 Å². The first-order chi connectivity index (χ1) is 10.4. The van der Waals surface area contributed by atoms with Gasteiger partial charge >= 0.3 is 12.2 Å². The van der Waals surface area contributed by atoms with Crippen molar-refractivity contribution < 1.29 is 18.0 Å². The van der Waals surface area contributed by atoms with Crippen molar-refractivity contribution in [2.75, 3.05) is 5.32 Å². The Hall–Kier alpha value is -2.83. The number of halogens is 3. The summed E-state index contributed by atoms with van der Waals surface area (Å²) in [5, 5.41) is 2.43. The molecule has 0 spiro atoms. The lowest BCUT2D eigenvalue weighted by atomic mass is 10.2. The standard InChI is InChI=1S/C15H10F3N3O/c16-15(17,18)10-4-3-5-11(8-10)20-14(22)21-9-19-12-6-1-2-7-13(12)21/h1-9H,(H,20,22). The lowest BCUT2D eigenvalue weighted by Gasteiger charge is -2.10. The van der Waals surface area contributed by atoms with Gasteiger partial charge in [-0.25, -0.2) is 9.78 Å². The summed E-state index contributed by atoms with van der Waals surface area (Å²) in [6, 6.07) is 10.9. The lowest BCUT2D eigenvalue weighted by Crippen LogP contribution is -2.18. The topological polar surface area (TPSA) is 46.9 Å². The Bertz CT molecular complexity index is 839. The molecule has 0 saturated heterocycles. The van der Waals surface area contributed by atoms with E-state index in [1.807, 2.05) is 0 Å². The molecule has 0 aliphatic rings. The molecule has 0 unspecified atom stereocenters. The number of fused-ring (bicyclic) bond motifs is 1. The van der Waals surface area contributed by atoms with Crippen LogP contribution in [0.25, 0.3) is 11.0 Å². The van der Waals surface area contributed by atoms with Crippen molar-refractivity contribution in [3.05, 3.63) is 60.4 Å². The van der Waals surface area contributed by atoms with Gasteiger partial charge in [-0.3, -0.25) is 4.57 Å². The van der Waals surface area contributed by atoms with Crippen molar-refractivity contribution >= 4 is 22.8 Å². The molecule has 22 heavy (non-hydrogen) atoms. The van der Waals surface area contributed by atoms with Crippen LogP contribution < -0.4 is 5.32 Å². The van der Waals surface area contributed by atoms with Crippen LogP contribution in [-0.4, -0.2) is 15.6 Å². The predicted molar refractivity (Wildman–Crippen MR) is 75.6 cm³/mol. The van der Waals surface area contributed by atoms with Gasteiger partial charge in [0.05, 0.1) is 16.6 Å². The van der Waals surface area contributed by atoms with Crippen LogP contribution in [0.15, 0.2) is 54.9 Å². The summed E-state index contributed by atoms with van der Waals surface area (Å²) >= 11 is 0. The molecule has 1 amide bonds. The number of carbonyl (C=O) groups excluding carboxylic acids is 1. The van der Waals surface area contributed by atoms with Crippen molar-refractivity contribution in [3.63, 3.8) is 0 Å². The van der Waals surface area contributed by atoms with Crippen molar-refractivity contribution in [2.45, 2.75) is 6.18 Å². The molecule has 3 rings (SSSR count).